The Labute approximate surface area is 187 Å². The first kappa shape index (κ1) is 20.0. The fourth-order valence-electron chi connectivity index (χ4n) is 3.91. The summed E-state index contributed by atoms with van der Waals surface area (Å²) in [6, 6.07) is 37.7. The molecule has 5 aromatic rings. The summed E-state index contributed by atoms with van der Waals surface area (Å²) in [6.45, 7) is 0. The van der Waals surface area contributed by atoms with E-state index in [-0.39, 0.29) is 0 Å². The van der Waals surface area contributed by atoms with Crippen molar-refractivity contribution < 1.29 is 10.0 Å². The lowest BCUT2D eigenvalue weighted by atomic mass is 9.80. The van der Waals surface area contributed by atoms with Gasteiger partial charge in [-0.2, -0.15) is 0 Å². The molecule has 0 fully saturated rings. The van der Waals surface area contributed by atoms with Crippen molar-refractivity contribution in [2.45, 2.75) is 0 Å². The smallest absolute Gasteiger partial charge is 0.423 e. The summed E-state index contributed by atoms with van der Waals surface area (Å²) in [6.07, 6.45) is 0. The van der Waals surface area contributed by atoms with E-state index in [1.807, 2.05) is 78.9 Å². The Morgan fingerprint density at radius 2 is 1.06 bits per heavy atom. The van der Waals surface area contributed by atoms with Crippen molar-refractivity contribution in [1.82, 2.24) is 9.55 Å². The number of benzene rings is 4. The third-order valence-corrected chi connectivity index (χ3v) is 5.45. The van der Waals surface area contributed by atoms with E-state index in [4.69, 9.17) is 4.98 Å². The second kappa shape index (κ2) is 8.67. The van der Waals surface area contributed by atoms with Crippen LogP contribution in [0.1, 0.15) is 0 Å². The van der Waals surface area contributed by atoms with Crippen LogP contribution < -0.4 is 5.46 Å². The van der Waals surface area contributed by atoms with Crippen LogP contribution in [0.4, 0.5) is 0 Å². The molecule has 0 saturated carbocycles. The Kier molecular flexibility index (Phi) is 5.42. The first-order valence-corrected chi connectivity index (χ1v) is 10.5. The van der Waals surface area contributed by atoms with Crippen LogP contribution in [0.25, 0.3) is 39.6 Å². The van der Waals surface area contributed by atoms with Crippen molar-refractivity contribution >= 4 is 12.6 Å². The molecule has 0 saturated heterocycles. The van der Waals surface area contributed by atoms with Gasteiger partial charge in [-0.25, -0.2) is 4.98 Å². The van der Waals surface area contributed by atoms with Crippen LogP contribution in [-0.2, 0) is 0 Å². The summed E-state index contributed by atoms with van der Waals surface area (Å²) in [4.78, 5) is 5.13. The lowest BCUT2D eigenvalue weighted by molar-refractivity contribution is 0.426. The Morgan fingerprint density at radius 1 is 0.562 bits per heavy atom. The molecule has 4 nitrogen and oxygen atoms in total. The highest BCUT2D eigenvalue weighted by Gasteiger charge is 2.22. The van der Waals surface area contributed by atoms with Gasteiger partial charge in [0.15, 0.2) is 0 Å². The molecular formula is C27H21BN2O2. The average molecular weight is 416 g/mol. The lowest BCUT2D eigenvalue weighted by Gasteiger charge is -2.14. The van der Waals surface area contributed by atoms with Gasteiger partial charge in [0, 0.05) is 22.4 Å². The number of imidazole rings is 1. The van der Waals surface area contributed by atoms with Crippen LogP contribution in [0.15, 0.2) is 115 Å². The maximum Gasteiger partial charge on any atom is 0.488 e. The van der Waals surface area contributed by atoms with E-state index >= 15 is 0 Å². The fourth-order valence-corrected chi connectivity index (χ4v) is 3.91. The summed E-state index contributed by atoms with van der Waals surface area (Å²) in [5.74, 6) is 0.820. The fraction of sp³-hybridized carbons (Fsp3) is 0. The zero-order chi connectivity index (χ0) is 21.9. The average Bonchev–Trinajstić information content (AvgIpc) is 3.26. The van der Waals surface area contributed by atoms with E-state index in [0.29, 0.717) is 5.46 Å². The van der Waals surface area contributed by atoms with E-state index in [1.54, 1.807) is 12.1 Å². The van der Waals surface area contributed by atoms with Gasteiger partial charge in [0.05, 0.1) is 11.4 Å². The molecule has 0 amide bonds. The molecular weight excluding hydrogens is 395 g/mol. The lowest BCUT2D eigenvalue weighted by Crippen LogP contribution is -2.29. The number of hydrogen-bond donors (Lipinski definition) is 2. The largest absolute Gasteiger partial charge is 0.488 e. The molecule has 0 radical (unpaired) electrons. The van der Waals surface area contributed by atoms with E-state index in [9.17, 15) is 10.0 Å². The Bertz CT molecular complexity index is 1320. The topological polar surface area (TPSA) is 58.3 Å². The van der Waals surface area contributed by atoms with Gasteiger partial charge in [-0.1, -0.05) is 103 Å². The third kappa shape index (κ3) is 3.76. The van der Waals surface area contributed by atoms with Crippen molar-refractivity contribution in [2.75, 3.05) is 0 Å². The minimum atomic E-state index is -1.51. The van der Waals surface area contributed by atoms with Gasteiger partial charge in [-0.3, -0.25) is 4.57 Å². The maximum absolute atomic E-state index is 9.54. The molecule has 32 heavy (non-hydrogen) atoms. The monoisotopic (exact) mass is 416 g/mol. The van der Waals surface area contributed by atoms with Crippen molar-refractivity contribution in [1.29, 1.82) is 0 Å². The van der Waals surface area contributed by atoms with E-state index in [2.05, 4.69) is 28.8 Å². The summed E-state index contributed by atoms with van der Waals surface area (Å²) in [7, 11) is -1.51. The summed E-state index contributed by atoms with van der Waals surface area (Å²) >= 11 is 0. The molecule has 0 atom stereocenters. The predicted molar refractivity (Wildman–Crippen MR) is 130 cm³/mol. The Hall–Kier alpha value is -3.93. The van der Waals surface area contributed by atoms with Gasteiger partial charge < -0.3 is 10.0 Å². The predicted octanol–water partition coefficient (Wildman–Crippen LogP) is 4.55. The first-order valence-electron chi connectivity index (χ1n) is 10.5. The Balaban J connectivity index is 1.84. The molecule has 0 aliphatic heterocycles. The summed E-state index contributed by atoms with van der Waals surface area (Å²) in [5.41, 5.74) is 6.28. The molecule has 0 aliphatic rings. The summed E-state index contributed by atoms with van der Waals surface area (Å²) in [5, 5.41) is 19.1. The van der Waals surface area contributed by atoms with Crippen molar-refractivity contribution in [3.8, 4) is 39.6 Å². The third-order valence-electron chi connectivity index (χ3n) is 5.45. The van der Waals surface area contributed by atoms with Gasteiger partial charge in [-0.15, -0.1) is 0 Å². The van der Waals surface area contributed by atoms with Crippen LogP contribution in [0.5, 0.6) is 0 Å². The molecule has 1 heterocycles. The number of nitrogens with zero attached hydrogens (tertiary/aromatic N) is 2. The highest BCUT2D eigenvalue weighted by atomic mass is 16.4. The van der Waals surface area contributed by atoms with Gasteiger partial charge in [-0.05, 0) is 17.6 Å². The standard InChI is InChI=1S/C27H21BN2O2/c31-28(32)23-16-18-24(19-17-23)30-26(21-12-6-2-7-13-21)25(20-10-4-1-5-11-20)29-27(30)22-14-8-3-9-15-22/h1-19,31-32H. The molecule has 0 aliphatic carbocycles. The minimum Gasteiger partial charge on any atom is -0.423 e. The normalized spacial score (nSPS) is 10.8. The van der Waals surface area contributed by atoms with Crippen LogP contribution in [0.2, 0.25) is 0 Å². The quantitative estimate of drug-likeness (QED) is 0.413. The molecule has 5 heteroatoms. The van der Waals surface area contributed by atoms with E-state index in [1.165, 1.54) is 0 Å². The molecule has 2 N–H and O–H groups in total. The van der Waals surface area contributed by atoms with E-state index in [0.717, 1.165) is 39.6 Å². The van der Waals surface area contributed by atoms with Gasteiger partial charge >= 0.3 is 7.12 Å². The summed E-state index contributed by atoms with van der Waals surface area (Å²) < 4.78 is 2.14. The van der Waals surface area contributed by atoms with E-state index < -0.39 is 7.12 Å². The second-order valence-corrected chi connectivity index (χ2v) is 7.53. The zero-order valence-corrected chi connectivity index (χ0v) is 17.3. The number of rotatable bonds is 5. The van der Waals surface area contributed by atoms with Crippen LogP contribution in [0, 0.1) is 0 Å². The molecule has 5 rings (SSSR count). The van der Waals surface area contributed by atoms with Gasteiger partial charge in [0.25, 0.3) is 0 Å². The maximum atomic E-state index is 9.54. The zero-order valence-electron chi connectivity index (χ0n) is 17.3. The van der Waals surface area contributed by atoms with Crippen LogP contribution in [-0.4, -0.2) is 26.7 Å². The van der Waals surface area contributed by atoms with Crippen molar-refractivity contribution in [2.24, 2.45) is 0 Å². The highest BCUT2D eigenvalue weighted by Crippen LogP contribution is 2.38. The number of hydrogen-bond acceptors (Lipinski definition) is 3. The molecule has 154 valence electrons. The SMILES string of the molecule is OB(O)c1ccc(-n2c(-c3ccccc3)nc(-c3ccccc3)c2-c2ccccc2)cc1. The second-order valence-electron chi connectivity index (χ2n) is 7.53. The number of aromatic nitrogens is 2. The molecule has 0 bridgehead atoms. The van der Waals surface area contributed by atoms with Gasteiger partial charge in [0.2, 0.25) is 0 Å². The van der Waals surface area contributed by atoms with Crippen LogP contribution in [0.3, 0.4) is 0 Å². The van der Waals surface area contributed by atoms with Gasteiger partial charge in [0.1, 0.15) is 5.82 Å². The molecule has 0 unspecified atom stereocenters. The Morgan fingerprint density at radius 3 is 1.59 bits per heavy atom. The molecule has 1 aromatic heterocycles. The highest BCUT2D eigenvalue weighted by molar-refractivity contribution is 6.58. The van der Waals surface area contributed by atoms with Crippen LogP contribution >= 0.6 is 0 Å². The molecule has 0 spiro atoms. The minimum absolute atomic E-state index is 0.444. The first-order chi connectivity index (χ1) is 15.7. The van der Waals surface area contributed by atoms with Crippen molar-refractivity contribution in [3.63, 3.8) is 0 Å². The van der Waals surface area contributed by atoms with Crippen molar-refractivity contribution in [3.05, 3.63) is 115 Å². The molecule has 4 aromatic carbocycles.